The number of aliphatic hydroxyl groups is 6. The fourth-order valence-electron chi connectivity index (χ4n) is 5.61. The van der Waals surface area contributed by atoms with Gasteiger partial charge < -0.3 is 40.1 Å². The van der Waals surface area contributed by atoms with Gasteiger partial charge in [-0.1, -0.05) is 59.8 Å². The van der Waals surface area contributed by atoms with E-state index in [-0.39, 0.29) is 12.3 Å². The Kier molecular flexibility index (Phi) is 12.2. The Balaban J connectivity index is 2.48. The van der Waals surface area contributed by atoms with Crippen LogP contribution in [0.1, 0.15) is 68.2 Å². The molecule has 2 aliphatic heterocycles. The summed E-state index contributed by atoms with van der Waals surface area (Å²) in [6.45, 7) is 11.6. The van der Waals surface area contributed by atoms with Crippen molar-refractivity contribution < 1.29 is 54.5 Å². The van der Waals surface area contributed by atoms with E-state index in [1.54, 1.807) is 26.0 Å². The van der Waals surface area contributed by atoms with Crippen LogP contribution in [-0.4, -0.2) is 103 Å². The summed E-state index contributed by atoms with van der Waals surface area (Å²) >= 11 is 0. The van der Waals surface area contributed by atoms with Crippen molar-refractivity contribution in [2.45, 2.75) is 117 Å². The summed E-state index contributed by atoms with van der Waals surface area (Å²) < 4.78 is 10.8. The molecule has 0 aromatic carbocycles. The number of rotatable bonds is 4. The molecule has 6 N–H and O–H groups in total. The van der Waals surface area contributed by atoms with Gasteiger partial charge in [-0.3, -0.25) is 14.4 Å². The van der Waals surface area contributed by atoms with Crippen molar-refractivity contribution in [2.75, 3.05) is 6.61 Å². The summed E-state index contributed by atoms with van der Waals surface area (Å²) in [5.74, 6) is -5.60. The van der Waals surface area contributed by atoms with Gasteiger partial charge in [0, 0.05) is 30.1 Å². The average molecular weight is 599 g/mol. The Morgan fingerprint density at radius 2 is 1.57 bits per heavy atom. The molecular weight excluding hydrogens is 548 g/mol. The molecule has 0 aromatic heterocycles. The molecule has 11 heteroatoms. The van der Waals surface area contributed by atoms with E-state index in [0.29, 0.717) is 5.57 Å². The number of ketones is 2. The Hall–Kier alpha value is -1.99. The summed E-state index contributed by atoms with van der Waals surface area (Å²) in [7, 11) is 0. The van der Waals surface area contributed by atoms with E-state index in [1.165, 1.54) is 27.7 Å². The molecule has 12 atom stereocenters. The van der Waals surface area contributed by atoms with Crippen LogP contribution in [0.15, 0.2) is 23.8 Å². The van der Waals surface area contributed by atoms with Crippen LogP contribution in [0.3, 0.4) is 0 Å². The predicted molar refractivity (Wildman–Crippen MR) is 153 cm³/mol. The number of allylic oxidation sites excluding steroid dienone is 1. The Bertz CT molecular complexity index is 1040. The fraction of sp³-hybridized carbons (Fsp3) is 0.774. The van der Waals surface area contributed by atoms with Crippen LogP contribution in [0.5, 0.6) is 0 Å². The highest BCUT2D eigenvalue weighted by Crippen LogP contribution is 2.38. The second kappa shape index (κ2) is 14.2. The lowest BCUT2D eigenvalue weighted by Crippen LogP contribution is -2.59. The van der Waals surface area contributed by atoms with Gasteiger partial charge in [0.1, 0.15) is 24.6 Å². The molecule has 1 saturated heterocycles. The highest BCUT2D eigenvalue weighted by Gasteiger charge is 2.59. The molecule has 11 nitrogen and oxygen atoms in total. The molecule has 0 amide bonds. The maximum atomic E-state index is 13.6. The summed E-state index contributed by atoms with van der Waals surface area (Å²) in [4.78, 5) is 39.7. The van der Waals surface area contributed by atoms with Gasteiger partial charge in [-0.05, 0) is 19.4 Å². The third-order valence-corrected chi connectivity index (χ3v) is 9.04. The SMILES string of the molecule is C/C=C\[C@@H](C)[C@H]1O[C@@H]1[C@H](O)[C@]1(O)COC(=O)C[C@@H](O)C(C)(C)C(=O)[C@H](C)[C@@H](O)/C(C)=C/[C@@H](C)[C@H](O)C[C@@H](O)C(C)C1=O. The predicted octanol–water partition coefficient (Wildman–Crippen LogP) is 0.858. The van der Waals surface area contributed by atoms with Crippen molar-refractivity contribution in [1.29, 1.82) is 0 Å². The maximum Gasteiger partial charge on any atom is 0.308 e. The zero-order valence-corrected chi connectivity index (χ0v) is 25.9. The zero-order chi connectivity index (χ0) is 32.3. The average Bonchev–Trinajstić information content (AvgIpc) is 3.73. The summed E-state index contributed by atoms with van der Waals surface area (Å²) in [5, 5.41) is 66.1. The first-order valence-corrected chi connectivity index (χ1v) is 14.6. The third kappa shape index (κ3) is 7.93. The lowest BCUT2D eigenvalue weighted by Gasteiger charge is -2.35. The molecule has 2 aliphatic rings. The summed E-state index contributed by atoms with van der Waals surface area (Å²) in [6, 6.07) is 0. The van der Waals surface area contributed by atoms with Crippen LogP contribution in [0.2, 0.25) is 0 Å². The van der Waals surface area contributed by atoms with Crippen LogP contribution in [0, 0.1) is 29.1 Å². The van der Waals surface area contributed by atoms with Crippen molar-refractivity contribution >= 4 is 17.5 Å². The number of esters is 1. The Morgan fingerprint density at radius 3 is 2.14 bits per heavy atom. The Morgan fingerprint density at radius 1 is 0.976 bits per heavy atom. The minimum atomic E-state index is -2.68. The molecule has 2 heterocycles. The third-order valence-electron chi connectivity index (χ3n) is 9.04. The van der Waals surface area contributed by atoms with E-state index in [9.17, 15) is 45.0 Å². The lowest BCUT2D eigenvalue weighted by atomic mass is 9.73. The molecular formula is C31H50O11. The van der Waals surface area contributed by atoms with Gasteiger partial charge in [0.15, 0.2) is 11.4 Å². The number of carbonyl (C=O) groups excluding carboxylic acids is 3. The Labute approximate surface area is 248 Å². The fourth-order valence-corrected chi connectivity index (χ4v) is 5.61. The van der Waals surface area contributed by atoms with Crippen molar-refractivity contribution in [3.63, 3.8) is 0 Å². The number of epoxide rings is 1. The molecule has 1 unspecified atom stereocenters. The molecule has 0 bridgehead atoms. The molecule has 0 aliphatic carbocycles. The molecule has 1 fully saturated rings. The summed E-state index contributed by atoms with van der Waals surface area (Å²) in [6.07, 6.45) is -4.45. The normalized spacial score (nSPS) is 42.2. The topological polar surface area (TPSA) is 194 Å². The van der Waals surface area contributed by atoms with E-state index < -0.39 is 102 Å². The molecule has 42 heavy (non-hydrogen) atoms. The van der Waals surface area contributed by atoms with Crippen molar-refractivity contribution in [1.82, 2.24) is 0 Å². The highest BCUT2D eigenvalue weighted by atomic mass is 16.6. The van der Waals surface area contributed by atoms with E-state index in [4.69, 9.17) is 9.47 Å². The minimum Gasteiger partial charge on any atom is -0.462 e. The second-order valence-electron chi connectivity index (χ2n) is 12.8. The minimum absolute atomic E-state index is 0.151. The molecule has 0 radical (unpaired) electrons. The van der Waals surface area contributed by atoms with E-state index in [0.717, 1.165) is 0 Å². The van der Waals surface area contributed by atoms with Crippen LogP contribution < -0.4 is 0 Å². The van der Waals surface area contributed by atoms with Crippen molar-refractivity contribution in [3.8, 4) is 0 Å². The molecule has 0 spiro atoms. The van der Waals surface area contributed by atoms with Gasteiger partial charge >= 0.3 is 5.97 Å². The van der Waals surface area contributed by atoms with Gasteiger partial charge in [0.2, 0.25) is 0 Å². The first-order valence-electron chi connectivity index (χ1n) is 14.6. The monoisotopic (exact) mass is 598 g/mol. The van der Waals surface area contributed by atoms with Crippen molar-refractivity contribution in [3.05, 3.63) is 23.8 Å². The standard InChI is InChI=1S/C31H50O11/c1-9-10-15(2)25-26(42-25)29(39)31(40)14-41-23(35)13-22(34)30(7,8)27(37)19(6)24(36)17(4)11-16(3)20(32)12-21(33)18(5)28(31)38/h9-11,15-16,18-22,24-26,29,32-34,36,39-40H,12-14H2,1-8H3/b10-9-,17-11+/t15-,16-,18?,19-,20-,21-,22-,24+,25-,26+,29+,31+/m1/s1. The first kappa shape index (κ1) is 36.2. The van der Waals surface area contributed by atoms with E-state index >= 15 is 0 Å². The first-order chi connectivity index (χ1) is 19.3. The number of ether oxygens (including phenoxy) is 2. The quantitative estimate of drug-likeness (QED) is 0.153. The number of Topliss-reactive ketones (excluding diaryl/α,β-unsaturated/α-hetero) is 2. The summed E-state index contributed by atoms with van der Waals surface area (Å²) in [5.41, 5.74) is -3.78. The smallest absolute Gasteiger partial charge is 0.308 e. The number of aliphatic hydroxyl groups excluding tert-OH is 5. The maximum absolute atomic E-state index is 13.6. The number of cyclic esters (lactones) is 1. The highest BCUT2D eigenvalue weighted by molar-refractivity contribution is 5.91. The van der Waals surface area contributed by atoms with Crippen LogP contribution in [0.25, 0.3) is 0 Å². The van der Waals surface area contributed by atoms with Gasteiger partial charge in [-0.2, -0.15) is 0 Å². The van der Waals surface area contributed by atoms with Gasteiger partial charge in [-0.15, -0.1) is 0 Å². The van der Waals surface area contributed by atoms with E-state index in [2.05, 4.69) is 0 Å². The molecule has 0 saturated carbocycles. The van der Waals surface area contributed by atoms with E-state index in [1.807, 2.05) is 19.9 Å². The zero-order valence-electron chi connectivity index (χ0n) is 25.9. The lowest BCUT2D eigenvalue weighted by molar-refractivity contribution is -0.178. The van der Waals surface area contributed by atoms with Crippen LogP contribution in [-0.2, 0) is 23.9 Å². The van der Waals surface area contributed by atoms with Crippen LogP contribution >= 0.6 is 0 Å². The molecule has 2 rings (SSSR count). The van der Waals surface area contributed by atoms with Gasteiger partial charge in [0.05, 0.1) is 42.4 Å². The number of carbonyl (C=O) groups is 3. The van der Waals surface area contributed by atoms with Crippen LogP contribution in [0.4, 0.5) is 0 Å². The van der Waals surface area contributed by atoms with Crippen molar-refractivity contribution in [2.24, 2.45) is 29.1 Å². The number of hydrogen-bond acceptors (Lipinski definition) is 11. The molecule has 0 aromatic rings. The van der Waals surface area contributed by atoms with Gasteiger partial charge in [0.25, 0.3) is 0 Å². The number of hydrogen-bond donors (Lipinski definition) is 6. The second-order valence-corrected chi connectivity index (χ2v) is 12.8. The molecule has 240 valence electrons. The largest absolute Gasteiger partial charge is 0.462 e. The van der Waals surface area contributed by atoms with Gasteiger partial charge in [-0.25, -0.2) is 0 Å².